The molecule has 2 aliphatic heterocycles. The van der Waals surface area contributed by atoms with E-state index in [2.05, 4.69) is 76.5 Å². The molecule has 6 rings (SSSR count). The van der Waals surface area contributed by atoms with E-state index in [-0.39, 0.29) is 36.5 Å². The van der Waals surface area contributed by atoms with Crippen LogP contribution in [-0.4, -0.2) is 41.3 Å². The molecule has 2 atom stereocenters. The maximum absolute atomic E-state index is 11.0. The first-order valence-electron chi connectivity index (χ1n) is 11.5. The van der Waals surface area contributed by atoms with Crippen LogP contribution in [0.3, 0.4) is 0 Å². The number of aliphatic hydroxyl groups is 1. The Morgan fingerprint density at radius 2 is 1.50 bits per heavy atom. The third kappa shape index (κ3) is 3.60. The average Bonchev–Trinajstić information content (AvgIpc) is 3.11. The van der Waals surface area contributed by atoms with Gasteiger partial charge in [-0.25, -0.2) is 0 Å². The van der Waals surface area contributed by atoms with Gasteiger partial charge in [0.2, 0.25) is 0 Å². The van der Waals surface area contributed by atoms with E-state index in [1.165, 1.54) is 40.4 Å². The van der Waals surface area contributed by atoms with E-state index in [4.69, 9.17) is 0 Å². The number of para-hydroxylation sites is 1. The maximum Gasteiger partial charge on any atom is 0.0789 e. The standard InChI is InChI=1S/C27H30N2O.2ClH/c30-25-14-17-29(22-9-2-1-3-10-22)27(25)15-18-28(19-16-27)24-13-12-21-7-4-6-20-8-5-11-23(24)26(20)21;;/h1-11,24-25,30H,12-19H2;2*1H. The predicted molar refractivity (Wildman–Crippen MR) is 137 cm³/mol. The van der Waals surface area contributed by atoms with Crippen LogP contribution < -0.4 is 4.90 Å². The molecular weight excluding hydrogens is 439 g/mol. The molecule has 5 heteroatoms. The molecule has 32 heavy (non-hydrogen) atoms. The molecule has 0 bridgehead atoms. The van der Waals surface area contributed by atoms with E-state index in [9.17, 15) is 5.11 Å². The largest absolute Gasteiger partial charge is 0.391 e. The summed E-state index contributed by atoms with van der Waals surface area (Å²) in [6.45, 7) is 3.08. The molecule has 1 spiro atoms. The first-order valence-corrected chi connectivity index (χ1v) is 11.5. The third-order valence-corrected chi connectivity index (χ3v) is 8.03. The zero-order valence-electron chi connectivity index (χ0n) is 18.3. The molecule has 1 aliphatic carbocycles. The molecular formula is C27H32Cl2N2O. The van der Waals surface area contributed by atoms with Gasteiger partial charge in [0.1, 0.15) is 0 Å². The molecule has 2 fully saturated rings. The summed E-state index contributed by atoms with van der Waals surface area (Å²) in [5.41, 5.74) is 4.18. The number of aryl methyl sites for hydroxylation is 1. The monoisotopic (exact) mass is 470 g/mol. The normalized spacial score (nSPS) is 24.2. The Labute approximate surface area is 203 Å². The van der Waals surface area contributed by atoms with Gasteiger partial charge in [0.25, 0.3) is 0 Å². The summed E-state index contributed by atoms with van der Waals surface area (Å²) in [6.07, 6.45) is 5.10. The lowest BCUT2D eigenvalue weighted by atomic mass is 9.79. The quantitative estimate of drug-likeness (QED) is 0.514. The van der Waals surface area contributed by atoms with Crippen LogP contribution in [0.4, 0.5) is 5.69 Å². The third-order valence-electron chi connectivity index (χ3n) is 8.03. The fraction of sp³-hybridized carbons (Fsp3) is 0.407. The van der Waals surface area contributed by atoms with Gasteiger partial charge in [-0.05, 0) is 66.1 Å². The Kier molecular flexibility index (Phi) is 6.74. The minimum absolute atomic E-state index is 0. The molecule has 0 amide bonds. The Balaban J connectivity index is 0.00000122. The van der Waals surface area contributed by atoms with Crippen LogP contribution in [0, 0.1) is 0 Å². The van der Waals surface area contributed by atoms with Crippen molar-refractivity contribution in [2.75, 3.05) is 24.5 Å². The number of likely N-dealkylation sites (tertiary alicyclic amines) is 1. The molecule has 3 aromatic carbocycles. The number of anilines is 1. The summed E-state index contributed by atoms with van der Waals surface area (Å²) in [5.74, 6) is 0. The second-order valence-corrected chi connectivity index (χ2v) is 9.35. The summed E-state index contributed by atoms with van der Waals surface area (Å²) in [7, 11) is 0. The summed E-state index contributed by atoms with van der Waals surface area (Å²) < 4.78 is 0. The van der Waals surface area contributed by atoms with E-state index < -0.39 is 0 Å². The van der Waals surface area contributed by atoms with Crippen molar-refractivity contribution in [3.63, 3.8) is 0 Å². The fourth-order valence-corrected chi connectivity index (χ4v) is 6.51. The number of rotatable bonds is 2. The Morgan fingerprint density at radius 1 is 0.781 bits per heavy atom. The van der Waals surface area contributed by atoms with Gasteiger partial charge in [-0.3, -0.25) is 4.90 Å². The molecule has 2 saturated heterocycles. The van der Waals surface area contributed by atoms with Crippen LogP contribution in [-0.2, 0) is 6.42 Å². The van der Waals surface area contributed by atoms with Crippen LogP contribution in [0.15, 0.2) is 66.7 Å². The van der Waals surface area contributed by atoms with Gasteiger partial charge in [0.15, 0.2) is 0 Å². The number of benzene rings is 3. The van der Waals surface area contributed by atoms with E-state index in [1.54, 1.807) is 0 Å². The predicted octanol–water partition coefficient (Wildman–Crippen LogP) is 5.78. The van der Waals surface area contributed by atoms with Gasteiger partial charge < -0.3 is 10.0 Å². The molecule has 0 saturated carbocycles. The lowest BCUT2D eigenvalue weighted by Gasteiger charge is -2.49. The highest BCUT2D eigenvalue weighted by molar-refractivity contribution is 5.90. The van der Waals surface area contributed by atoms with E-state index in [0.29, 0.717) is 6.04 Å². The lowest BCUT2D eigenvalue weighted by Crippen LogP contribution is -2.57. The van der Waals surface area contributed by atoms with Crippen molar-refractivity contribution in [2.24, 2.45) is 0 Å². The molecule has 1 N–H and O–H groups in total. The molecule has 2 heterocycles. The van der Waals surface area contributed by atoms with Crippen molar-refractivity contribution in [1.29, 1.82) is 0 Å². The van der Waals surface area contributed by atoms with Crippen molar-refractivity contribution in [2.45, 2.75) is 49.8 Å². The molecule has 3 aromatic rings. The van der Waals surface area contributed by atoms with Crippen LogP contribution in [0.5, 0.6) is 0 Å². The van der Waals surface area contributed by atoms with Crippen LogP contribution >= 0.6 is 24.8 Å². The molecule has 0 radical (unpaired) electrons. The van der Waals surface area contributed by atoms with Crippen LogP contribution in [0.2, 0.25) is 0 Å². The van der Waals surface area contributed by atoms with Crippen molar-refractivity contribution < 1.29 is 5.11 Å². The Bertz CT molecular complexity index is 1060. The number of halogens is 2. The SMILES string of the molecule is Cl.Cl.OC1CCN(c2ccccc2)C12CCN(C1CCc3cccc4cccc1c34)CC2. The van der Waals surface area contributed by atoms with Gasteiger partial charge in [-0.15, -0.1) is 24.8 Å². The van der Waals surface area contributed by atoms with Crippen molar-refractivity contribution >= 4 is 41.3 Å². The van der Waals surface area contributed by atoms with Gasteiger partial charge in [-0.1, -0.05) is 54.6 Å². The minimum atomic E-state index is -0.227. The van der Waals surface area contributed by atoms with Gasteiger partial charge in [0.05, 0.1) is 11.6 Å². The molecule has 170 valence electrons. The van der Waals surface area contributed by atoms with Gasteiger partial charge in [-0.2, -0.15) is 0 Å². The molecule has 2 unspecified atom stereocenters. The number of piperidine rings is 1. The maximum atomic E-state index is 11.0. The van der Waals surface area contributed by atoms with Crippen molar-refractivity contribution in [1.82, 2.24) is 4.90 Å². The van der Waals surface area contributed by atoms with Crippen LogP contribution in [0.25, 0.3) is 10.8 Å². The highest BCUT2D eigenvalue weighted by atomic mass is 35.5. The second-order valence-electron chi connectivity index (χ2n) is 9.35. The van der Waals surface area contributed by atoms with Crippen molar-refractivity contribution in [3.8, 4) is 0 Å². The minimum Gasteiger partial charge on any atom is -0.391 e. The summed E-state index contributed by atoms with van der Waals surface area (Å²) in [4.78, 5) is 5.20. The van der Waals surface area contributed by atoms with E-state index >= 15 is 0 Å². The first kappa shape index (κ1) is 23.4. The lowest BCUT2D eigenvalue weighted by molar-refractivity contribution is 0.0394. The zero-order chi connectivity index (χ0) is 20.1. The summed E-state index contributed by atoms with van der Waals surface area (Å²) in [6, 6.07) is 24.8. The first-order chi connectivity index (χ1) is 14.8. The van der Waals surface area contributed by atoms with Crippen molar-refractivity contribution in [3.05, 3.63) is 77.9 Å². The summed E-state index contributed by atoms with van der Waals surface area (Å²) >= 11 is 0. The number of aliphatic hydroxyl groups excluding tert-OH is 1. The molecule has 3 nitrogen and oxygen atoms in total. The molecule has 3 aliphatic rings. The number of nitrogens with zero attached hydrogens (tertiary/aromatic N) is 2. The fourth-order valence-electron chi connectivity index (χ4n) is 6.51. The number of hydrogen-bond donors (Lipinski definition) is 1. The average molecular weight is 471 g/mol. The summed E-state index contributed by atoms with van der Waals surface area (Å²) in [5, 5.41) is 13.9. The highest BCUT2D eigenvalue weighted by Crippen LogP contribution is 2.45. The van der Waals surface area contributed by atoms with E-state index in [1.807, 2.05) is 0 Å². The second kappa shape index (κ2) is 9.23. The van der Waals surface area contributed by atoms with Crippen LogP contribution in [0.1, 0.15) is 42.9 Å². The smallest absolute Gasteiger partial charge is 0.0789 e. The van der Waals surface area contributed by atoms with Gasteiger partial charge >= 0.3 is 0 Å². The molecule has 0 aromatic heterocycles. The number of hydrogen-bond acceptors (Lipinski definition) is 3. The van der Waals surface area contributed by atoms with E-state index in [0.717, 1.165) is 38.9 Å². The topological polar surface area (TPSA) is 26.7 Å². The Hall–Kier alpha value is -1.78. The highest BCUT2D eigenvalue weighted by Gasteiger charge is 2.50. The zero-order valence-corrected chi connectivity index (χ0v) is 20.0. The Morgan fingerprint density at radius 3 is 2.25 bits per heavy atom. The van der Waals surface area contributed by atoms with Gasteiger partial charge in [0, 0.05) is 31.4 Å².